The zero-order chi connectivity index (χ0) is 9.40. The van der Waals surface area contributed by atoms with Crippen LogP contribution in [0.3, 0.4) is 0 Å². The predicted octanol–water partition coefficient (Wildman–Crippen LogP) is 2.61. The highest BCUT2D eigenvalue weighted by Gasteiger charge is 2.18. The van der Waals surface area contributed by atoms with Crippen LogP contribution in [-0.2, 0) is 9.68 Å². The molecule has 0 saturated carbocycles. The third-order valence-corrected chi connectivity index (χ3v) is 1.97. The summed E-state index contributed by atoms with van der Waals surface area (Å²) in [4.78, 5) is 14.7. The Kier molecular flexibility index (Phi) is 6.76. The average molecular weight is 174 g/mol. The maximum Gasteiger partial charge on any atom is 0.345 e. The van der Waals surface area contributed by atoms with Gasteiger partial charge in [-0.3, -0.25) is 0 Å². The van der Waals surface area contributed by atoms with Crippen LogP contribution in [0.4, 0.5) is 0 Å². The molecule has 0 spiro atoms. The minimum atomic E-state index is -0.481. The molecule has 3 heteroatoms. The Bertz CT molecular complexity index is 123. The molecule has 0 aromatic rings. The SMILES string of the molecule is CCCCC(CCC)C(=O)OO. The number of carbonyl (C=O) groups is 1. The van der Waals surface area contributed by atoms with Gasteiger partial charge in [0.15, 0.2) is 0 Å². The van der Waals surface area contributed by atoms with E-state index in [2.05, 4.69) is 11.8 Å². The molecule has 0 aromatic carbocycles. The van der Waals surface area contributed by atoms with E-state index >= 15 is 0 Å². The second-order valence-corrected chi connectivity index (χ2v) is 3.04. The van der Waals surface area contributed by atoms with Crippen molar-refractivity contribution in [2.45, 2.75) is 46.0 Å². The van der Waals surface area contributed by atoms with E-state index in [1.54, 1.807) is 0 Å². The Balaban J connectivity index is 3.76. The van der Waals surface area contributed by atoms with Gasteiger partial charge >= 0.3 is 5.97 Å². The standard InChI is InChI=1S/C9H18O3/c1-3-5-7-8(6-4-2)9(10)12-11/h8,11H,3-7H2,1-2H3. The average Bonchev–Trinajstić information content (AvgIpc) is 2.11. The van der Waals surface area contributed by atoms with Crippen LogP contribution in [0.1, 0.15) is 46.0 Å². The molecule has 0 saturated heterocycles. The van der Waals surface area contributed by atoms with Crippen molar-refractivity contribution < 1.29 is 14.9 Å². The molecule has 0 heterocycles. The van der Waals surface area contributed by atoms with Gasteiger partial charge in [0.25, 0.3) is 0 Å². The summed E-state index contributed by atoms with van der Waals surface area (Å²) in [7, 11) is 0. The predicted molar refractivity (Wildman–Crippen MR) is 46.6 cm³/mol. The molecule has 0 aliphatic carbocycles. The lowest BCUT2D eigenvalue weighted by atomic mass is 9.97. The van der Waals surface area contributed by atoms with Crippen LogP contribution in [0.25, 0.3) is 0 Å². The smallest absolute Gasteiger partial charge is 0.301 e. The van der Waals surface area contributed by atoms with Crippen molar-refractivity contribution in [3.63, 3.8) is 0 Å². The topological polar surface area (TPSA) is 46.5 Å². The largest absolute Gasteiger partial charge is 0.345 e. The number of hydrogen-bond acceptors (Lipinski definition) is 3. The van der Waals surface area contributed by atoms with Gasteiger partial charge in [-0.1, -0.05) is 33.1 Å². The van der Waals surface area contributed by atoms with Gasteiger partial charge < -0.3 is 4.89 Å². The first-order chi connectivity index (χ1) is 5.76. The molecule has 1 atom stereocenters. The highest BCUT2D eigenvalue weighted by molar-refractivity contribution is 5.71. The molecule has 3 nitrogen and oxygen atoms in total. The summed E-state index contributed by atoms with van der Waals surface area (Å²) in [6.45, 7) is 4.09. The molecule has 12 heavy (non-hydrogen) atoms. The maximum absolute atomic E-state index is 10.9. The van der Waals surface area contributed by atoms with Gasteiger partial charge in [0, 0.05) is 0 Å². The van der Waals surface area contributed by atoms with E-state index in [-0.39, 0.29) is 5.92 Å². The summed E-state index contributed by atoms with van der Waals surface area (Å²) in [5, 5.41) is 8.18. The normalized spacial score (nSPS) is 12.6. The summed E-state index contributed by atoms with van der Waals surface area (Å²) in [5.74, 6) is -0.592. The molecular weight excluding hydrogens is 156 g/mol. The zero-order valence-corrected chi connectivity index (χ0v) is 7.88. The first-order valence-corrected chi connectivity index (χ1v) is 4.61. The Morgan fingerprint density at radius 1 is 1.33 bits per heavy atom. The maximum atomic E-state index is 10.9. The molecule has 72 valence electrons. The molecule has 0 aromatic heterocycles. The van der Waals surface area contributed by atoms with Crippen molar-refractivity contribution in [3.05, 3.63) is 0 Å². The fourth-order valence-electron chi connectivity index (χ4n) is 1.25. The number of hydrogen-bond donors (Lipinski definition) is 1. The van der Waals surface area contributed by atoms with Gasteiger partial charge in [-0.2, -0.15) is 5.26 Å². The van der Waals surface area contributed by atoms with Gasteiger partial charge in [0.05, 0.1) is 5.92 Å². The first kappa shape index (κ1) is 11.4. The summed E-state index contributed by atoms with van der Waals surface area (Å²) in [5.41, 5.74) is 0. The lowest BCUT2D eigenvalue weighted by molar-refractivity contribution is -0.239. The molecule has 0 rings (SSSR count). The highest BCUT2D eigenvalue weighted by Crippen LogP contribution is 2.15. The molecule has 1 unspecified atom stereocenters. The highest BCUT2D eigenvalue weighted by atomic mass is 17.1. The fourth-order valence-corrected chi connectivity index (χ4v) is 1.25. The van der Waals surface area contributed by atoms with Crippen molar-refractivity contribution in [1.82, 2.24) is 0 Å². The molecule has 0 fully saturated rings. The minimum Gasteiger partial charge on any atom is -0.301 e. The van der Waals surface area contributed by atoms with Crippen molar-refractivity contribution in [3.8, 4) is 0 Å². The van der Waals surface area contributed by atoms with Crippen LogP contribution in [0, 0.1) is 5.92 Å². The van der Waals surface area contributed by atoms with Gasteiger partial charge in [-0.05, 0) is 12.8 Å². The number of rotatable bonds is 6. The van der Waals surface area contributed by atoms with E-state index < -0.39 is 5.97 Å². The third kappa shape index (κ3) is 4.34. The Labute approximate surface area is 73.7 Å². The molecular formula is C9H18O3. The monoisotopic (exact) mass is 174 g/mol. The van der Waals surface area contributed by atoms with E-state index in [1.807, 2.05) is 6.92 Å². The van der Waals surface area contributed by atoms with Crippen molar-refractivity contribution in [2.75, 3.05) is 0 Å². The fraction of sp³-hybridized carbons (Fsp3) is 0.889. The summed E-state index contributed by atoms with van der Waals surface area (Å²) in [6, 6.07) is 0. The van der Waals surface area contributed by atoms with Gasteiger partial charge in [0.2, 0.25) is 0 Å². The molecule has 0 amide bonds. The molecule has 1 N–H and O–H groups in total. The van der Waals surface area contributed by atoms with E-state index in [4.69, 9.17) is 5.26 Å². The van der Waals surface area contributed by atoms with Crippen LogP contribution in [0.15, 0.2) is 0 Å². The lowest BCUT2D eigenvalue weighted by Crippen LogP contribution is -2.16. The van der Waals surface area contributed by atoms with Crippen molar-refractivity contribution >= 4 is 5.97 Å². The third-order valence-electron chi connectivity index (χ3n) is 1.97. The van der Waals surface area contributed by atoms with Crippen LogP contribution >= 0.6 is 0 Å². The number of carbonyl (C=O) groups excluding carboxylic acids is 1. The van der Waals surface area contributed by atoms with Gasteiger partial charge in [-0.25, -0.2) is 4.79 Å². The summed E-state index contributed by atoms with van der Waals surface area (Å²) in [6.07, 6.45) is 4.66. The number of unbranched alkanes of at least 4 members (excludes halogenated alkanes) is 1. The van der Waals surface area contributed by atoms with E-state index in [9.17, 15) is 4.79 Å². The Morgan fingerprint density at radius 3 is 2.42 bits per heavy atom. The minimum absolute atomic E-state index is 0.111. The Hall–Kier alpha value is -0.570. The van der Waals surface area contributed by atoms with E-state index in [0.29, 0.717) is 0 Å². The van der Waals surface area contributed by atoms with Crippen molar-refractivity contribution in [1.29, 1.82) is 0 Å². The van der Waals surface area contributed by atoms with Crippen LogP contribution in [0.2, 0.25) is 0 Å². The van der Waals surface area contributed by atoms with Gasteiger partial charge in [0.1, 0.15) is 0 Å². The zero-order valence-electron chi connectivity index (χ0n) is 7.88. The van der Waals surface area contributed by atoms with Crippen LogP contribution in [-0.4, -0.2) is 11.2 Å². The molecule has 0 aliphatic heterocycles. The second-order valence-electron chi connectivity index (χ2n) is 3.04. The summed E-state index contributed by atoms with van der Waals surface area (Å²) < 4.78 is 0. The van der Waals surface area contributed by atoms with Crippen LogP contribution < -0.4 is 0 Å². The quantitative estimate of drug-likeness (QED) is 0.497. The van der Waals surface area contributed by atoms with E-state index in [0.717, 1.165) is 32.1 Å². The van der Waals surface area contributed by atoms with Crippen LogP contribution in [0.5, 0.6) is 0 Å². The first-order valence-electron chi connectivity index (χ1n) is 4.61. The summed E-state index contributed by atoms with van der Waals surface area (Å²) >= 11 is 0. The Morgan fingerprint density at radius 2 is 2.00 bits per heavy atom. The van der Waals surface area contributed by atoms with E-state index in [1.165, 1.54) is 0 Å². The molecule has 0 bridgehead atoms. The molecule has 0 radical (unpaired) electrons. The van der Waals surface area contributed by atoms with Gasteiger partial charge in [-0.15, -0.1) is 0 Å². The molecule has 0 aliphatic rings. The lowest BCUT2D eigenvalue weighted by Gasteiger charge is -2.10. The second kappa shape index (κ2) is 7.10. The van der Waals surface area contributed by atoms with Crippen molar-refractivity contribution in [2.24, 2.45) is 5.92 Å².